The lowest BCUT2D eigenvalue weighted by Gasteiger charge is -2.38. The van der Waals surface area contributed by atoms with E-state index in [-0.39, 0.29) is 0 Å². The molecule has 0 aromatic heterocycles. The number of hydrogen-bond donors (Lipinski definition) is 1. The van der Waals surface area contributed by atoms with E-state index < -0.39 is 0 Å². The molecule has 1 aromatic rings. The zero-order valence-electron chi connectivity index (χ0n) is 10.6. The minimum Gasteiger partial charge on any atom is -0.368 e. The predicted molar refractivity (Wildman–Crippen MR) is 70.9 cm³/mol. The lowest BCUT2D eigenvalue weighted by Crippen LogP contribution is -2.40. The summed E-state index contributed by atoms with van der Waals surface area (Å²) in [6.07, 6.45) is 4.87. The minimum absolute atomic E-state index is 0.577. The van der Waals surface area contributed by atoms with Crippen molar-refractivity contribution in [3.63, 3.8) is 0 Å². The van der Waals surface area contributed by atoms with E-state index >= 15 is 0 Å². The summed E-state index contributed by atoms with van der Waals surface area (Å²) in [6, 6.07) is 9.19. The van der Waals surface area contributed by atoms with E-state index in [1.165, 1.54) is 30.5 Å². The number of rotatable bonds is 4. The van der Waals surface area contributed by atoms with Crippen LogP contribution in [0.3, 0.4) is 0 Å². The van der Waals surface area contributed by atoms with Crippen molar-refractivity contribution < 1.29 is 4.84 Å². The van der Waals surface area contributed by atoms with Crippen LogP contribution < -0.4 is 10.8 Å². The highest BCUT2D eigenvalue weighted by atomic mass is 16.6. The van der Waals surface area contributed by atoms with Gasteiger partial charge in [0, 0.05) is 18.3 Å². The Hall–Kier alpha value is -1.06. The molecule has 17 heavy (non-hydrogen) atoms. The van der Waals surface area contributed by atoms with Crippen molar-refractivity contribution >= 4 is 5.69 Å². The molecule has 0 amide bonds. The first-order valence-electron chi connectivity index (χ1n) is 6.47. The molecule has 2 N–H and O–H groups in total. The van der Waals surface area contributed by atoms with Crippen molar-refractivity contribution in [2.45, 2.75) is 38.6 Å². The molecule has 94 valence electrons. The standard InChI is InChI=1S/C14H22N2O/c1-12-6-2-3-8-14(12)16-10-5-4-7-13(16)9-11-17-15/h2-3,6,8,13H,4-5,7,9-11,15H2,1H3. The van der Waals surface area contributed by atoms with Crippen LogP contribution in [0.5, 0.6) is 0 Å². The molecular weight excluding hydrogens is 212 g/mol. The third kappa shape index (κ3) is 2.99. The molecule has 3 heteroatoms. The zero-order valence-corrected chi connectivity index (χ0v) is 10.6. The van der Waals surface area contributed by atoms with Crippen molar-refractivity contribution in [3.05, 3.63) is 29.8 Å². The topological polar surface area (TPSA) is 38.5 Å². The van der Waals surface area contributed by atoms with Gasteiger partial charge in [-0.15, -0.1) is 0 Å². The summed E-state index contributed by atoms with van der Waals surface area (Å²) in [6.45, 7) is 3.98. The fraction of sp³-hybridized carbons (Fsp3) is 0.571. The first kappa shape index (κ1) is 12.4. The summed E-state index contributed by atoms with van der Waals surface area (Å²) in [7, 11) is 0. The van der Waals surface area contributed by atoms with Crippen LogP contribution >= 0.6 is 0 Å². The van der Waals surface area contributed by atoms with Crippen molar-refractivity contribution in [3.8, 4) is 0 Å². The third-order valence-electron chi connectivity index (χ3n) is 3.62. The van der Waals surface area contributed by atoms with Crippen LogP contribution in [0, 0.1) is 6.92 Å². The minimum atomic E-state index is 0.577. The van der Waals surface area contributed by atoms with Gasteiger partial charge in [0.1, 0.15) is 0 Å². The van der Waals surface area contributed by atoms with Crippen LogP contribution in [0.1, 0.15) is 31.2 Å². The summed E-state index contributed by atoms with van der Waals surface area (Å²) < 4.78 is 0. The van der Waals surface area contributed by atoms with E-state index in [0.29, 0.717) is 12.6 Å². The van der Waals surface area contributed by atoms with Gasteiger partial charge in [0.25, 0.3) is 0 Å². The van der Waals surface area contributed by atoms with Gasteiger partial charge >= 0.3 is 0 Å². The number of benzene rings is 1. The van der Waals surface area contributed by atoms with Gasteiger partial charge in [-0.05, 0) is 44.2 Å². The van der Waals surface area contributed by atoms with Gasteiger partial charge in [-0.3, -0.25) is 0 Å². The molecule has 2 rings (SSSR count). The molecular formula is C14H22N2O. The number of anilines is 1. The normalized spacial score (nSPS) is 20.6. The second-order valence-electron chi connectivity index (χ2n) is 4.79. The smallest absolute Gasteiger partial charge is 0.0698 e. The lowest BCUT2D eigenvalue weighted by atomic mass is 9.98. The van der Waals surface area contributed by atoms with Gasteiger partial charge in [-0.1, -0.05) is 18.2 Å². The molecule has 0 radical (unpaired) electrons. The number of piperidine rings is 1. The molecule has 0 bridgehead atoms. The predicted octanol–water partition coefficient (Wildman–Crippen LogP) is 2.63. The first-order chi connectivity index (χ1) is 8.33. The van der Waals surface area contributed by atoms with E-state index in [2.05, 4.69) is 36.1 Å². The summed E-state index contributed by atoms with van der Waals surface area (Å²) in [5.74, 6) is 5.14. The van der Waals surface area contributed by atoms with Crippen LogP contribution in [0.4, 0.5) is 5.69 Å². The van der Waals surface area contributed by atoms with Gasteiger partial charge in [0.2, 0.25) is 0 Å². The van der Waals surface area contributed by atoms with Gasteiger partial charge in [-0.2, -0.15) is 0 Å². The summed E-state index contributed by atoms with van der Waals surface area (Å²) in [4.78, 5) is 7.26. The van der Waals surface area contributed by atoms with E-state index in [0.717, 1.165) is 13.0 Å². The zero-order chi connectivity index (χ0) is 12.1. The van der Waals surface area contributed by atoms with Crippen molar-refractivity contribution in [2.75, 3.05) is 18.1 Å². The maximum absolute atomic E-state index is 5.14. The molecule has 1 fully saturated rings. The maximum atomic E-state index is 5.14. The summed E-state index contributed by atoms with van der Waals surface area (Å²) in [5.41, 5.74) is 2.72. The Morgan fingerprint density at radius 2 is 2.18 bits per heavy atom. The lowest BCUT2D eigenvalue weighted by molar-refractivity contribution is 0.127. The molecule has 1 unspecified atom stereocenters. The molecule has 1 aliphatic heterocycles. The first-order valence-corrected chi connectivity index (χ1v) is 6.47. The largest absolute Gasteiger partial charge is 0.368 e. The van der Waals surface area contributed by atoms with Crippen LogP contribution in [0.15, 0.2) is 24.3 Å². The van der Waals surface area contributed by atoms with Crippen LogP contribution in [-0.4, -0.2) is 19.2 Å². The van der Waals surface area contributed by atoms with E-state index in [1.54, 1.807) is 0 Å². The Balaban J connectivity index is 2.13. The van der Waals surface area contributed by atoms with Crippen molar-refractivity contribution in [1.82, 2.24) is 0 Å². The van der Waals surface area contributed by atoms with Crippen LogP contribution in [-0.2, 0) is 4.84 Å². The van der Waals surface area contributed by atoms with Gasteiger partial charge in [-0.25, -0.2) is 5.90 Å². The highest BCUT2D eigenvalue weighted by Gasteiger charge is 2.23. The molecule has 0 aliphatic carbocycles. The second-order valence-corrected chi connectivity index (χ2v) is 4.79. The van der Waals surface area contributed by atoms with Crippen molar-refractivity contribution in [2.24, 2.45) is 5.90 Å². The quantitative estimate of drug-likeness (QED) is 0.814. The molecule has 1 aromatic carbocycles. The number of para-hydroxylation sites is 1. The molecule has 1 heterocycles. The van der Waals surface area contributed by atoms with E-state index in [9.17, 15) is 0 Å². The van der Waals surface area contributed by atoms with Gasteiger partial charge in [0.15, 0.2) is 0 Å². The SMILES string of the molecule is Cc1ccccc1N1CCCCC1CCON. The molecule has 1 aliphatic rings. The Labute approximate surface area is 104 Å². The number of nitrogens with two attached hydrogens (primary N) is 1. The molecule has 0 saturated carbocycles. The third-order valence-corrected chi connectivity index (χ3v) is 3.62. The Bertz CT molecular complexity index is 354. The van der Waals surface area contributed by atoms with Crippen molar-refractivity contribution in [1.29, 1.82) is 0 Å². The Morgan fingerprint density at radius 1 is 1.35 bits per heavy atom. The van der Waals surface area contributed by atoms with E-state index in [1.807, 2.05) is 0 Å². The number of nitrogens with zero attached hydrogens (tertiary/aromatic N) is 1. The molecule has 1 atom stereocenters. The molecule has 1 saturated heterocycles. The van der Waals surface area contributed by atoms with Gasteiger partial charge < -0.3 is 9.74 Å². The summed E-state index contributed by atoms with van der Waals surface area (Å²) in [5, 5.41) is 0. The van der Waals surface area contributed by atoms with Gasteiger partial charge in [0.05, 0.1) is 6.61 Å². The molecule has 3 nitrogen and oxygen atoms in total. The Morgan fingerprint density at radius 3 is 2.94 bits per heavy atom. The summed E-state index contributed by atoms with van der Waals surface area (Å²) >= 11 is 0. The molecule has 0 spiro atoms. The number of hydrogen-bond acceptors (Lipinski definition) is 3. The van der Waals surface area contributed by atoms with Crippen LogP contribution in [0.25, 0.3) is 0 Å². The number of aryl methyl sites for hydroxylation is 1. The average molecular weight is 234 g/mol. The Kier molecular flexibility index (Phi) is 4.40. The highest BCUT2D eigenvalue weighted by molar-refractivity contribution is 5.54. The monoisotopic (exact) mass is 234 g/mol. The fourth-order valence-corrected chi connectivity index (χ4v) is 2.71. The highest BCUT2D eigenvalue weighted by Crippen LogP contribution is 2.28. The van der Waals surface area contributed by atoms with Crippen LogP contribution in [0.2, 0.25) is 0 Å². The second kappa shape index (κ2) is 6.03. The average Bonchev–Trinajstić information content (AvgIpc) is 2.37. The van der Waals surface area contributed by atoms with E-state index in [4.69, 9.17) is 10.7 Å². The fourth-order valence-electron chi connectivity index (χ4n) is 2.71. The maximum Gasteiger partial charge on any atom is 0.0698 e.